The summed E-state index contributed by atoms with van der Waals surface area (Å²) >= 11 is 0. The fraction of sp³-hybridized carbons (Fsp3) is 0.208. The number of nitrogens with zero attached hydrogens (tertiary/aromatic N) is 3. The summed E-state index contributed by atoms with van der Waals surface area (Å²) in [6, 6.07) is 18.2. The van der Waals surface area contributed by atoms with Crippen LogP contribution in [0.25, 0.3) is 16.9 Å². The maximum Gasteiger partial charge on any atom is 0.168 e. The number of aliphatic hydroxyl groups excluding tert-OH is 1. The molecule has 4 aromatic rings. The van der Waals surface area contributed by atoms with E-state index in [1.807, 2.05) is 30.3 Å². The molecular weight excluding hydrogens is 378 g/mol. The lowest BCUT2D eigenvalue weighted by Gasteiger charge is -2.17. The lowest BCUT2D eigenvalue weighted by Crippen LogP contribution is -2.15. The predicted molar refractivity (Wildman–Crippen MR) is 114 cm³/mol. The number of aliphatic hydroxyl groups is 2. The van der Waals surface area contributed by atoms with E-state index in [4.69, 9.17) is 0 Å². The number of aromatic nitrogens is 3. The molecule has 0 saturated heterocycles. The van der Waals surface area contributed by atoms with Gasteiger partial charge < -0.3 is 10.2 Å². The Morgan fingerprint density at radius 3 is 2.53 bits per heavy atom. The molecule has 0 unspecified atom stereocenters. The van der Waals surface area contributed by atoms with Crippen molar-refractivity contribution in [1.82, 2.24) is 14.6 Å². The molecule has 0 radical (unpaired) electrons. The standard InChI is InChI=1S/C24H23N3O3/c1-24(2,30)19-8-6-17(7-9-19)22(29)14-20-13-21(27-23(26-20)10-11-25-27)18-5-3-4-16(12-18)15-28/h3-13,28,30H,14-15H2,1-2H3. The van der Waals surface area contributed by atoms with Crippen LogP contribution in [0.2, 0.25) is 0 Å². The predicted octanol–water partition coefficient (Wildman–Crippen LogP) is 3.54. The van der Waals surface area contributed by atoms with E-state index < -0.39 is 5.60 Å². The van der Waals surface area contributed by atoms with Crippen LogP contribution in [0.3, 0.4) is 0 Å². The zero-order valence-electron chi connectivity index (χ0n) is 16.9. The lowest BCUT2D eigenvalue weighted by atomic mass is 9.96. The van der Waals surface area contributed by atoms with E-state index >= 15 is 0 Å². The van der Waals surface area contributed by atoms with Gasteiger partial charge in [0.15, 0.2) is 11.4 Å². The van der Waals surface area contributed by atoms with Gasteiger partial charge >= 0.3 is 0 Å². The highest BCUT2D eigenvalue weighted by molar-refractivity contribution is 5.97. The Bertz CT molecular complexity index is 1200. The van der Waals surface area contributed by atoms with E-state index in [-0.39, 0.29) is 18.8 Å². The first-order chi connectivity index (χ1) is 14.3. The Kier molecular flexibility index (Phi) is 5.20. The van der Waals surface area contributed by atoms with Crippen LogP contribution < -0.4 is 0 Å². The summed E-state index contributed by atoms with van der Waals surface area (Å²) < 4.78 is 1.72. The maximum absolute atomic E-state index is 12.8. The molecule has 0 atom stereocenters. The Morgan fingerprint density at radius 2 is 1.83 bits per heavy atom. The van der Waals surface area contributed by atoms with Crippen molar-refractivity contribution in [3.8, 4) is 11.3 Å². The summed E-state index contributed by atoms with van der Waals surface area (Å²) in [6.45, 7) is 3.37. The first kappa shape index (κ1) is 19.9. The molecule has 0 aliphatic heterocycles. The van der Waals surface area contributed by atoms with Gasteiger partial charge in [0.2, 0.25) is 0 Å². The summed E-state index contributed by atoms with van der Waals surface area (Å²) in [4.78, 5) is 17.4. The third-order valence-electron chi connectivity index (χ3n) is 5.07. The number of fused-ring (bicyclic) bond motifs is 1. The van der Waals surface area contributed by atoms with Crippen molar-refractivity contribution >= 4 is 11.4 Å². The molecule has 0 aliphatic carbocycles. The van der Waals surface area contributed by atoms with Crippen LogP contribution >= 0.6 is 0 Å². The molecule has 6 heteroatoms. The average molecular weight is 401 g/mol. The van der Waals surface area contributed by atoms with Gasteiger partial charge in [-0.15, -0.1) is 0 Å². The monoisotopic (exact) mass is 401 g/mol. The number of ketones is 1. The van der Waals surface area contributed by atoms with Gasteiger partial charge in [-0.1, -0.05) is 42.5 Å². The van der Waals surface area contributed by atoms with E-state index in [2.05, 4.69) is 10.1 Å². The normalized spacial score (nSPS) is 11.7. The van der Waals surface area contributed by atoms with Crippen molar-refractivity contribution in [2.45, 2.75) is 32.5 Å². The van der Waals surface area contributed by atoms with Gasteiger partial charge in [0.05, 0.1) is 36.2 Å². The Morgan fingerprint density at radius 1 is 1.07 bits per heavy atom. The average Bonchev–Trinajstić information content (AvgIpc) is 3.21. The molecule has 2 aromatic heterocycles. The summed E-state index contributed by atoms with van der Waals surface area (Å²) in [6.07, 6.45) is 1.82. The number of rotatable bonds is 6. The number of benzene rings is 2. The molecule has 0 spiro atoms. The summed E-state index contributed by atoms with van der Waals surface area (Å²) in [5, 5.41) is 23.9. The minimum Gasteiger partial charge on any atom is -0.392 e. The van der Waals surface area contributed by atoms with Gasteiger partial charge in [-0.2, -0.15) is 5.10 Å². The fourth-order valence-electron chi connectivity index (χ4n) is 3.42. The Labute approximate surface area is 174 Å². The summed E-state index contributed by atoms with van der Waals surface area (Å²) in [7, 11) is 0. The molecule has 0 bridgehead atoms. The SMILES string of the molecule is CC(C)(O)c1ccc(C(=O)Cc2cc(-c3cccc(CO)c3)n3nccc3n2)cc1. The molecule has 2 N–H and O–H groups in total. The van der Waals surface area contributed by atoms with E-state index in [0.29, 0.717) is 16.9 Å². The zero-order chi connectivity index (χ0) is 21.3. The van der Waals surface area contributed by atoms with Gasteiger partial charge in [-0.05, 0) is 37.1 Å². The number of carbonyl (C=O) groups excluding carboxylic acids is 1. The third-order valence-corrected chi connectivity index (χ3v) is 5.07. The molecule has 0 fully saturated rings. The third kappa shape index (κ3) is 4.01. The van der Waals surface area contributed by atoms with Crippen molar-refractivity contribution in [3.63, 3.8) is 0 Å². The van der Waals surface area contributed by atoms with E-state index in [9.17, 15) is 15.0 Å². The molecule has 0 aliphatic rings. The smallest absolute Gasteiger partial charge is 0.168 e. The summed E-state index contributed by atoms with van der Waals surface area (Å²) in [5.74, 6) is -0.0521. The van der Waals surface area contributed by atoms with Crippen LogP contribution in [-0.2, 0) is 18.6 Å². The van der Waals surface area contributed by atoms with Crippen LogP contribution in [0.5, 0.6) is 0 Å². The van der Waals surface area contributed by atoms with Gasteiger partial charge in [0.25, 0.3) is 0 Å². The van der Waals surface area contributed by atoms with Crippen LogP contribution in [-0.4, -0.2) is 30.6 Å². The van der Waals surface area contributed by atoms with Gasteiger partial charge in [-0.3, -0.25) is 4.79 Å². The molecule has 6 nitrogen and oxygen atoms in total. The summed E-state index contributed by atoms with van der Waals surface area (Å²) in [5.41, 5.74) is 4.17. The molecule has 2 aromatic carbocycles. The topological polar surface area (TPSA) is 87.7 Å². The molecule has 0 amide bonds. The van der Waals surface area contributed by atoms with Crippen LogP contribution in [0.4, 0.5) is 0 Å². The quantitative estimate of drug-likeness (QED) is 0.483. The second-order valence-corrected chi connectivity index (χ2v) is 7.83. The van der Waals surface area contributed by atoms with Crippen molar-refractivity contribution in [3.05, 3.63) is 89.2 Å². The lowest BCUT2D eigenvalue weighted by molar-refractivity contribution is 0.0784. The molecular formula is C24H23N3O3. The minimum atomic E-state index is -0.950. The largest absolute Gasteiger partial charge is 0.392 e. The molecule has 4 rings (SSSR count). The Balaban J connectivity index is 1.67. The second-order valence-electron chi connectivity index (χ2n) is 7.83. The van der Waals surface area contributed by atoms with Crippen molar-refractivity contribution in [2.75, 3.05) is 0 Å². The van der Waals surface area contributed by atoms with Crippen molar-refractivity contribution < 1.29 is 15.0 Å². The second kappa shape index (κ2) is 7.82. The molecule has 2 heterocycles. The molecule has 152 valence electrons. The first-order valence-electron chi connectivity index (χ1n) is 9.75. The number of carbonyl (C=O) groups is 1. The first-order valence-corrected chi connectivity index (χ1v) is 9.75. The van der Waals surface area contributed by atoms with Crippen LogP contribution in [0.15, 0.2) is 66.9 Å². The van der Waals surface area contributed by atoms with Crippen molar-refractivity contribution in [2.24, 2.45) is 0 Å². The Hall–Kier alpha value is -3.35. The highest BCUT2D eigenvalue weighted by Crippen LogP contribution is 2.24. The zero-order valence-corrected chi connectivity index (χ0v) is 16.9. The molecule has 30 heavy (non-hydrogen) atoms. The van der Waals surface area contributed by atoms with Crippen LogP contribution in [0, 0.1) is 0 Å². The van der Waals surface area contributed by atoms with Gasteiger partial charge in [-0.25, -0.2) is 9.50 Å². The highest BCUT2D eigenvalue weighted by Gasteiger charge is 2.17. The van der Waals surface area contributed by atoms with E-state index in [1.165, 1.54) is 0 Å². The molecule has 0 saturated carbocycles. The van der Waals surface area contributed by atoms with E-state index in [0.717, 1.165) is 22.4 Å². The highest BCUT2D eigenvalue weighted by atomic mass is 16.3. The van der Waals surface area contributed by atoms with Crippen molar-refractivity contribution in [1.29, 1.82) is 0 Å². The number of hydrogen-bond donors (Lipinski definition) is 2. The van der Waals surface area contributed by atoms with Crippen LogP contribution in [0.1, 0.15) is 41.0 Å². The fourth-order valence-corrected chi connectivity index (χ4v) is 3.42. The van der Waals surface area contributed by atoms with Gasteiger partial charge in [0, 0.05) is 17.2 Å². The number of hydrogen-bond acceptors (Lipinski definition) is 5. The van der Waals surface area contributed by atoms with Gasteiger partial charge in [0.1, 0.15) is 0 Å². The van der Waals surface area contributed by atoms with E-state index in [1.54, 1.807) is 54.9 Å². The number of Topliss-reactive ketones (excluding diaryl/α,β-unsaturated/α-hetero) is 1. The maximum atomic E-state index is 12.8. The minimum absolute atomic E-state index is 0.0485.